The Bertz CT molecular complexity index is 1100. The molecule has 1 saturated heterocycles. The highest BCUT2D eigenvalue weighted by Crippen LogP contribution is 2.25. The fraction of sp³-hybridized carbons (Fsp3) is 0.389. The third kappa shape index (κ3) is 4.19. The summed E-state index contributed by atoms with van der Waals surface area (Å²) in [6.07, 6.45) is 3.43. The van der Waals surface area contributed by atoms with Crippen LogP contribution >= 0.6 is 11.3 Å². The van der Waals surface area contributed by atoms with E-state index in [1.807, 2.05) is 13.0 Å². The number of carbonyl (C=O) groups excluding carboxylic acids is 1. The smallest absolute Gasteiger partial charge is 0.381 e. The first-order valence-corrected chi connectivity index (χ1v) is 10.1. The highest BCUT2D eigenvalue weighted by molar-refractivity contribution is 7.17. The number of nitrogens with one attached hydrogen (secondary N) is 2. The molecular weight excluding hydrogens is 412 g/mol. The molecule has 4 heterocycles. The van der Waals surface area contributed by atoms with Gasteiger partial charge in [0.25, 0.3) is 5.91 Å². The van der Waals surface area contributed by atoms with Crippen LogP contribution in [-0.4, -0.2) is 52.3 Å². The van der Waals surface area contributed by atoms with E-state index in [9.17, 15) is 9.59 Å². The minimum absolute atomic E-state index is 0.00415. The summed E-state index contributed by atoms with van der Waals surface area (Å²) in [7, 11) is 1.37. The number of aromatic nitrogens is 4. The minimum Gasteiger partial charge on any atom is -0.488 e. The lowest BCUT2D eigenvalue weighted by Gasteiger charge is -2.24. The van der Waals surface area contributed by atoms with Crippen LogP contribution in [0.5, 0.6) is 5.75 Å². The summed E-state index contributed by atoms with van der Waals surface area (Å²) in [6.45, 7) is 3.09. The van der Waals surface area contributed by atoms with Gasteiger partial charge in [0.1, 0.15) is 0 Å². The standard InChI is InChI=1S/C18H20N6O5S/c1-10-5-6-19-24(10)18-23-22-17(30-18)21-15(25)13-8-12(14(27-2)16(26)29-13)20-11-4-3-7-28-9-11/h5-6,8,11,20H,3-4,7,9H2,1-2H3,(H,21,22,25). The molecule has 1 amide bonds. The molecule has 0 radical (unpaired) electrons. The summed E-state index contributed by atoms with van der Waals surface area (Å²) < 4.78 is 17.3. The van der Waals surface area contributed by atoms with Crippen molar-refractivity contribution in [3.63, 3.8) is 0 Å². The average molecular weight is 432 g/mol. The molecule has 0 spiro atoms. The molecule has 4 rings (SSSR count). The van der Waals surface area contributed by atoms with Crippen molar-refractivity contribution in [1.29, 1.82) is 0 Å². The van der Waals surface area contributed by atoms with Crippen molar-refractivity contribution in [2.24, 2.45) is 0 Å². The number of rotatable bonds is 6. The van der Waals surface area contributed by atoms with Gasteiger partial charge in [-0.15, -0.1) is 10.2 Å². The van der Waals surface area contributed by atoms with Crippen molar-refractivity contribution >= 4 is 28.1 Å². The summed E-state index contributed by atoms with van der Waals surface area (Å²) in [6, 6.07) is 3.27. The molecule has 0 aliphatic carbocycles. The maximum atomic E-state index is 12.7. The Labute approximate surface area is 175 Å². The van der Waals surface area contributed by atoms with E-state index >= 15 is 0 Å². The number of anilines is 2. The molecular formula is C18H20N6O5S. The minimum atomic E-state index is -0.755. The van der Waals surface area contributed by atoms with E-state index in [1.54, 1.807) is 10.9 Å². The second-order valence-corrected chi connectivity index (χ2v) is 7.59. The molecule has 2 N–H and O–H groups in total. The van der Waals surface area contributed by atoms with Crippen LogP contribution in [-0.2, 0) is 4.74 Å². The van der Waals surface area contributed by atoms with Crippen LogP contribution in [0.25, 0.3) is 5.13 Å². The summed E-state index contributed by atoms with van der Waals surface area (Å²) >= 11 is 1.14. The topological polar surface area (TPSA) is 133 Å². The first-order valence-electron chi connectivity index (χ1n) is 9.27. The molecule has 1 atom stereocenters. The predicted octanol–water partition coefficient (Wildman–Crippen LogP) is 1.84. The number of aryl methyl sites for hydroxylation is 1. The van der Waals surface area contributed by atoms with Gasteiger partial charge in [0, 0.05) is 30.6 Å². The second kappa shape index (κ2) is 8.63. The Morgan fingerprint density at radius 3 is 2.97 bits per heavy atom. The lowest BCUT2D eigenvalue weighted by molar-refractivity contribution is 0.0875. The molecule has 1 aliphatic heterocycles. The van der Waals surface area contributed by atoms with Gasteiger partial charge >= 0.3 is 5.63 Å². The summed E-state index contributed by atoms with van der Waals surface area (Å²) in [5.74, 6) is -0.797. The van der Waals surface area contributed by atoms with Gasteiger partial charge in [0.05, 0.1) is 19.4 Å². The average Bonchev–Trinajstić information content (AvgIpc) is 3.37. The first-order chi connectivity index (χ1) is 14.5. The largest absolute Gasteiger partial charge is 0.488 e. The van der Waals surface area contributed by atoms with E-state index < -0.39 is 11.5 Å². The molecule has 0 saturated carbocycles. The predicted molar refractivity (Wildman–Crippen MR) is 109 cm³/mol. The van der Waals surface area contributed by atoms with E-state index in [4.69, 9.17) is 13.9 Å². The summed E-state index contributed by atoms with van der Waals surface area (Å²) in [5, 5.41) is 18.7. The normalized spacial score (nSPS) is 16.3. The molecule has 3 aromatic rings. The van der Waals surface area contributed by atoms with Crippen LogP contribution in [0.3, 0.4) is 0 Å². The van der Waals surface area contributed by atoms with Gasteiger partial charge < -0.3 is 19.2 Å². The molecule has 30 heavy (non-hydrogen) atoms. The van der Waals surface area contributed by atoms with E-state index in [1.165, 1.54) is 13.2 Å². The van der Waals surface area contributed by atoms with Gasteiger partial charge in [-0.05, 0) is 25.8 Å². The number of ether oxygens (including phenoxy) is 2. The lowest BCUT2D eigenvalue weighted by Crippen LogP contribution is -2.31. The van der Waals surface area contributed by atoms with Crippen LogP contribution in [0.4, 0.5) is 10.8 Å². The summed E-state index contributed by atoms with van der Waals surface area (Å²) in [5.41, 5.74) is 0.501. The quantitative estimate of drug-likeness (QED) is 0.598. The van der Waals surface area contributed by atoms with Gasteiger partial charge in [-0.3, -0.25) is 10.1 Å². The van der Waals surface area contributed by atoms with Crippen molar-refractivity contribution in [3.05, 3.63) is 40.2 Å². The van der Waals surface area contributed by atoms with Crippen molar-refractivity contribution in [2.45, 2.75) is 25.8 Å². The molecule has 1 aliphatic rings. The zero-order chi connectivity index (χ0) is 21.1. The zero-order valence-corrected chi connectivity index (χ0v) is 17.2. The highest BCUT2D eigenvalue weighted by Gasteiger charge is 2.22. The number of hydrogen-bond acceptors (Lipinski definition) is 10. The molecule has 158 valence electrons. The fourth-order valence-corrected chi connectivity index (χ4v) is 3.81. The number of methoxy groups -OCH3 is 1. The van der Waals surface area contributed by atoms with Crippen molar-refractivity contribution in [1.82, 2.24) is 20.0 Å². The van der Waals surface area contributed by atoms with E-state index in [0.717, 1.165) is 29.9 Å². The fourth-order valence-electron chi connectivity index (χ4n) is 3.05. The lowest BCUT2D eigenvalue weighted by atomic mass is 10.1. The van der Waals surface area contributed by atoms with Gasteiger partial charge in [-0.25, -0.2) is 9.48 Å². The van der Waals surface area contributed by atoms with Crippen LogP contribution in [0.15, 0.2) is 27.5 Å². The molecule has 11 nitrogen and oxygen atoms in total. The Morgan fingerprint density at radius 2 is 2.27 bits per heavy atom. The maximum Gasteiger partial charge on any atom is 0.381 e. The molecule has 1 fully saturated rings. The third-order valence-corrected chi connectivity index (χ3v) is 5.32. The highest BCUT2D eigenvalue weighted by atomic mass is 32.1. The maximum absolute atomic E-state index is 12.7. The number of hydrogen-bond donors (Lipinski definition) is 2. The first kappa shape index (κ1) is 20.0. The van der Waals surface area contributed by atoms with Crippen LogP contribution < -0.4 is 21.0 Å². The van der Waals surface area contributed by atoms with Crippen molar-refractivity contribution < 1.29 is 18.7 Å². The molecule has 12 heteroatoms. The Morgan fingerprint density at radius 1 is 1.40 bits per heavy atom. The van der Waals surface area contributed by atoms with Crippen molar-refractivity contribution in [3.8, 4) is 10.9 Å². The van der Waals surface area contributed by atoms with Gasteiger partial charge in [-0.1, -0.05) is 11.3 Å². The second-order valence-electron chi connectivity index (χ2n) is 6.63. The van der Waals surface area contributed by atoms with Crippen LogP contribution in [0.1, 0.15) is 29.1 Å². The molecule has 3 aromatic heterocycles. The Hall–Kier alpha value is -3.25. The van der Waals surface area contributed by atoms with Gasteiger partial charge in [-0.2, -0.15) is 5.10 Å². The van der Waals surface area contributed by atoms with Gasteiger partial charge in [0.15, 0.2) is 5.76 Å². The van der Waals surface area contributed by atoms with Crippen LogP contribution in [0, 0.1) is 6.92 Å². The molecule has 0 bridgehead atoms. The number of nitrogens with zero attached hydrogens (tertiary/aromatic N) is 4. The zero-order valence-electron chi connectivity index (χ0n) is 16.4. The number of amides is 1. The van der Waals surface area contributed by atoms with Crippen molar-refractivity contribution in [2.75, 3.05) is 31.0 Å². The Balaban J connectivity index is 1.54. The number of carbonyl (C=O) groups is 1. The van der Waals surface area contributed by atoms with E-state index in [2.05, 4.69) is 25.9 Å². The molecule has 0 aromatic carbocycles. The van der Waals surface area contributed by atoms with E-state index in [-0.39, 0.29) is 22.7 Å². The third-order valence-electron chi connectivity index (χ3n) is 4.50. The monoisotopic (exact) mass is 432 g/mol. The SMILES string of the molecule is COc1c(NC2CCCOC2)cc(C(=O)Nc2nnc(-n3nccc3C)s2)oc1=O. The Kier molecular flexibility index (Phi) is 5.77. The molecule has 1 unspecified atom stereocenters. The van der Waals surface area contributed by atoms with E-state index in [0.29, 0.717) is 24.0 Å². The van der Waals surface area contributed by atoms with Crippen LogP contribution in [0.2, 0.25) is 0 Å². The van der Waals surface area contributed by atoms with Gasteiger partial charge in [0.2, 0.25) is 16.0 Å². The summed E-state index contributed by atoms with van der Waals surface area (Å²) in [4.78, 5) is 25.0.